The van der Waals surface area contributed by atoms with Crippen molar-refractivity contribution in [3.63, 3.8) is 0 Å². The van der Waals surface area contributed by atoms with Gasteiger partial charge in [-0.3, -0.25) is 19.1 Å². The first kappa shape index (κ1) is 29.1. The Bertz CT molecular complexity index is 1890. The van der Waals surface area contributed by atoms with E-state index >= 15 is 0 Å². The maximum atomic E-state index is 14.0. The van der Waals surface area contributed by atoms with Crippen molar-refractivity contribution in [3.8, 4) is 29.5 Å². The molecule has 0 aliphatic rings. The predicted molar refractivity (Wildman–Crippen MR) is 154 cm³/mol. The van der Waals surface area contributed by atoms with Gasteiger partial charge in [-0.25, -0.2) is 12.8 Å². The molecule has 0 radical (unpaired) electrons. The molecule has 10 nitrogen and oxygen atoms in total. The summed E-state index contributed by atoms with van der Waals surface area (Å²) >= 11 is 0. The molecule has 2 heterocycles. The first-order valence-electron chi connectivity index (χ1n) is 12.6. The summed E-state index contributed by atoms with van der Waals surface area (Å²) in [7, 11) is -3.68. The minimum absolute atomic E-state index is 0.0496. The van der Waals surface area contributed by atoms with E-state index in [9.17, 15) is 27.2 Å². The molecule has 4 aromatic rings. The number of ketones is 1. The summed E-state index contributed by atoms with van der Waals surface area (Å²) in [6, 6.07) is 8.45. The van der Waals surface area contributed by atoms with Gasteiger partial charge in [-0.1, -0.05) is 0 Å². The molecule has 12 heteroatoms. The van der Waals surface area contributed by atoms with E-state index in [0.717, 1.165) is 0 Å². The molecule has 4 rings (SSSR count). The molecule has 2 aromatic heterocycles. The number of anilines is 1. The molecule has 2 aromatic carbocycles. The predicted octanol–water partition coefficient (Wildman–Crippen LogP) is 4.19. The number of terminal acetylenes is 1. The molecule has 0 saturated heterocycles. The van der Waals surface area contributed by atoms with E-state index in [0.29, 0.717) is 23.4 Å². The molecule has 3 N–H and O–H groups in total. The summed E-state index contributed by atoms with van der Waals surface area (Å²) in [5.74, 6) is 0.447. The number of aromatic nitrogens is 2. The van der Waals surface area contributed by atoms with Gasteiger partial charge in [0.15, 0.2) is 5.75 Å². The van der Waals surface area contributed by atoms with Crippen LogP contribution in [0.5, 0.6) is 11.5 Å². The van der Waals surface area contributed by atoms with Gasteiger partial charge in [-0.15, -0.1) is 6.42 Å². The van der Waals surface area contributed by atoms with Gasteiger partial charge < -0.3 is 19.6 Å². The quantitative estimate of drug-likeness (QED) is 0.155. The number of H-pyrrole nitrogens is 1. The van der Waals surface area contributed by atoms with Crippen LogP contribution in [0.1, 0.15) is 45.8 Å². The second-order valence-electron chi connectivity index (χ2n) is 9.18. The molecule has 0 fully saturated rings. The summed E-state index contributed by atoms with van der Waals surface area (Å²) in [6.45, 7) is 6.87. The SMILES string of the molecule is C#CC(=O)c1cn(-c2cc(NS(=O)(=O)CC)ccc2Oc2c(C)cc(F)cc2C)c2cc(C(=O)NCC)[nH]c2c1=O. The Kier molecular flexibility index (Phi) is 8.02. The number of fused-ring (bicyclic) bond motifs is 1. The Morgan fingerprint density at radius 1 is 1.12 bits per heavy atom. The van der Waals surface area contributed by atoms with E-state index in [2.05, 4.69) is 15.0 Å². The van der Waals surface area contributed by atoms with Crippen LogP contribution in [0.3, 0.4) is 0 Å². The van der Waals surface area contributed by atoms with Gasteiger partial charge >= 0.3 is 0 Å². The molecule has 0 aliphatic carbocycles. The normalized spacial score (nSPS) is 11.2. The van der Waals surface area contributed by atoms with Crippen LogP contribution in [0.2, 0.25) is 0 Å². The van der Waals surface area contributed by atoms with Gasteiger partial charge in [0.25, 0.3) is 5.91 Å². The van der Waals surface area contributed by atoms with Crippen molar-refractivity contribution in [2.45, 2.75) is 27.7 Å². The smallest absolute Gasteiger partial charge is 0.267 e. The van der Waals surface area contributed by atoms with Gasteiger partial charge in [0.1, 0.15) is 22.8 Å². The highest BCUT2D eigenvalue weighted by Gasteiger charge is 2.22. The van der Waals surface area contributed by atoms with Crippen molar-refractivity contribution in [1.29, 1.82) is 0 Å². The minimum Gasteiger partial charge on any atom is -0.455 e. The minimum atomic E-state index is -3.68. The Labute approximate surface area is 235 Å². The van der Waals surface area contributed by atoms with E-state index < -0.39 is 33.0 Å². The number of nitrogens with one attached hydrogen (secondary N) is 3. The van der Waals surface area contributed by atoms with Crippen molar-refractivity contribution < 1.29 is 27.1 Å². The number of Topliss-reactive ketones (excluding diaryl/α,β-unsaturated/α-hetero) is 1. The van der Waals surface area contributed by atoms with Crippen LogP contribution >= 0.6 is 0 Å². The number of aryl methyl sites for hydroxylation is 2. The van der Waals surface area contributed by atoms with E-state index in [-0.39, 0.29) is 45.2 Å². The molecule has 0 spiro atoms. The molecule has 0 atom stereocenters. The van der Waals surface area contributed by atoms with Crippen LogP contribution in [-0.2, 0) is 10.0 Å². The fourth-order valence-corrected chi connectivity index (χ4v) is 4.92. The molecular weight excluding hydrogens is 551 g/mol. The Morgan fingerprint density at radius 2 is 1.80 bits per heavy atom. The summed E-state index contributed by atoms with van der Waals surface area (Å²) in [4.78, 5) is 41.2. The molecule has 0 bridgehead atoms. The fourth-order valence-electron chi connectivity index (χ4n) is 4.29. The van der Waals surface area contributed by atoms with Crippen molar-refractivity contribution in [2.75, 3.05) is 17.0 Å². The lowest BCUT2D eigenvalue weighted by Crippen LogP contribution is -2.23. The summed E-state index contributed by atoms with van der Waals surface area (Å²) in [5.41, 5.74) is 0.447. The largest absolute Gasteiger partial charge is 0.455 e. The topological polar surface area (TPSA) is 139 Å². The van der Waals surface area contributed by atoms with Gasteiger partial charge in [-0.2, -0.15) is 0 Å². The van der Waals surface area contributed by atoms with Crippen LogP contribution in [-0.4, -0.2) is 42.0 Å². The average Bonchev–Trinajstić information content (AvgIpc) is 3.37. The molecule has 0 saturated carbocycles. The number of carbonyl (C=O) groups excluding carboxylic acids is 2. The van der Waals surface area contributed by atoms with Crippen LogP contribution in [0.25, 0.3) is 16.7 Å². The highest BCUT2D eigenvalue weighted by Crippen LogP contribution is 2.36. The first-order valence-corrected chi connectivity index (χ1v) is 14.2. The van der Waals surface area contributed by atoms with E-state index in [1.54, 1.807) is 20.8 Å². The molecular formula is C29H27FN4O6S. The second-order valence-corrected chi connectivity index (χ2v) is 11.2. The number of hydrogen-bond donors (Lipinski definition) is 3. The highest BCUT2D eigenvalue weighted by atomic mass is 32.2. The van der Waals surface area contributed by atoms with Crippen LogP contribution in [0, 0.1) is 32.0 Å². The number of aromatic amines is 1. The van der Waals surface area contributed by atoms with Gasteiger partial charge in [0, 0.05) is 12.7 Å². The lowest BCUT2D eigenvalue weighted by atomic mass is 10.1. The Balaban J connectivity index is 2.06. The number of hydrogen-bond acceptors (Lipinski definition) is 6. The van der Waals surface area contributed by atoms with Gasteiger partial charge in [-0.05, 0) is 81.1 Å². The third kappa shape index (κ3) is 5.85. The zero-order chi connectivity index (χ0) is 30.1. The number of sulfonamides is 1. The molecule has 1 amide bonds. The first-order chi connectivity index (χ1) is 19.4. The number of amides is 1. The van der Waals surface area contributed by atoms with Gasteiger partial charge in [0.05, 0.1) is 28.2 Å². The zero-order valence-corrected chi connectivity index (χ0v) is 23.5. The van der Waals surface area contributed by atoms with Crippen LogP contribution < -0.4 is 20.2 Å². The summed E-state index contributed by atoms with van der Waals surface area (Å²) in [5, 5.41) is 2.64. The maximum absolute atomic E-state index is 14.0. The number of ether oxygens (including phenoxy) is 1. The zero-order valence-electron chi connectivity index (χ0n) is 22.7. The molecule has 0 aliphatic heterocycles. The molecule has 212 valence electrons. The third-order valence-electron chi connectivity index (χ3n) is 6.25. The third-order valence-corrected chi connectivity index (χ3v) is 7.56. The monoisotopic (exact) mass is 578 g/mol. The number of halogens is 1. The number of carbonyl (C=O) groups is 2. The Morgan fingerprint density at radius 3 is 2.41 bits per heavy atom. The number of benzene rings is 2. The van der Waals surface area contributed by atoms with Crippen LogP contribution in [0.15, 0.2) is 47.4 Å². The lowest BCUT2D eigenvalue weighted by Gasteiger charge is -2.19. The highest BCUT2D eigenvalue weighted by molar-refractivity contribution is 7.92. The molecule has 41 heavy (non-hydrogen) atoms. The summed E-state index contributed by atoms with van der Waals surface area (Å²) < 4.78 is 48.8. The van der Waals surface area contributed by atoms with E-state index in [1.165, 1.54) is 54.1 Å². The van der Waals surface area contributed by atoms with Crippen molar-refractivity contribution in [3.05, 3.63) is 81.0 Å². The summed E-state index contributed by atoms with van der Waals surface area (Å²) in [6.07, 6.45) is 6.55. The van der Waals surface area contributed by atoms with Crippen molar-refractivity contribution in [2.24, 2.45) is 0 Å². The lowest BCUT2D eigenvalue weighted by molar-refractivity contribution is 0.0951. The Hall–Kier alpha value is -4.89. The maximum Gasteiger partial charge on any atom is 0.267 e. The van der Waals surface area contributed by atoms with E-state index in [1.807, 2.05) is 5.92 Å². The van der Waals surface area contributed by atoms with E-state index in [4.69, 9.17) is 11.2 Å². The standard InChI is InChI=1S/C29H27FN4O6S/c1-6-24(35)20-15-34(23-14-21(29(37)31-7-2)32-26(23)27(20)36)22-13-19(33-41(38,39)8-3)9-10-25(22)40-28-16(4)11-18(30)12-17(28)5/h1,9-15,32-33H,7-8H2,2-5H3,(H,31,37). The second kappa shape index (κ2) is 11.3. The van der Waals surface area contributed by atoms with Crippen molar-refractivity contribution in [1.82, 2.24) is 14.9 Å². The van der Waals surface area contributed by atoms with Gasteiger partial charge in [0.2, 0.25) is 21.2 Å². The van der Waals surface area contributed by atoms with Crippen molar-refractivity contribution >= 4 is 38.4 Å². The number of rotatable bonds is 9. The number of pyridine rings is 1. The molecule has 0 unspecified atom stereocenters. The van der Waals surface area contributed by atoms with Crippen LogP contribution in [0.4, 0.5) is 10.1 Å². The number of nitrogens with zero attached hydrogens (tertiary/aromatic N) is 1. The average molecular weight is 579 g/mol. The fraction of sp³-hybridized carbons (Fsp3) is 0.207.